The minimum absolute atomic E-state index is 0.578. The van der Waals surface area contributed by atoms with Gasteiger partial charge in [0, 0.05) is 0 Å². The van der Waals surface area contributed by atoms with E-state index in [0.29, 0.717) is 6.61 Å². The van der Waals surface area contributed by atoms with Gasteiger partial charge in [-0.25, -0.2) is 0 Å². The van der Waals surface area contributed by atoms with Gasteiger partial charge in [0.2, 0.25) is 0 Å². The van der Waals surface area contributed by atoms with E-state index in [0.717, 1.165) is 22.6 Å². The maximum absolute atomic E-state index is 5.84. The van der Waals surface area contributed by atoms with E-state index in [9.17, 15) is 0 Å². The maximum atomic E-state index is 5.84. The van der Waals surface area contributed by atoms with Crippen molar-refractivity contribution in [2.75, 3.05) is 7.11 Å². The molecule has 2 heteroatoms. The first-order chi connectivity index (χ1) is 8.69. The monoisotopic (exact) mass is 242 g/mol. The summed E-state index contributed by atoms with van der Waals surface area (Å²) in [5.41, 5.74) is 3.51. The van der Waals surface area contributed by atoms with Gasteiger partial charge in [-0.2, -0.15) is 0 Å². The zero-order valence-electron chi connectivity index (χ0n) is 11.1. The van der Waals surface area contributed by atoms with Crippen molar-refractivity contribution in [3.8, 4) is 11.5 Å². The first kappa shape index (κ1) is 12.5. The minimum atomic E-state index is 0.578. The summed E-state index contributed by atoms with van der Waals surface area (Å²) in [6.45, 7) is 4.71. The van der Waals surface area contributed by atoms with Crippen LogP contribution in [0.2, 0.25) is 0 Å². The van der Waals surface area contributed by atoms with Crippen molar-refractivity contribution >= 4 is 0 Å². The number of ether oxygens (including phenoxy) is 2. The molecule has 0 atom stereocenters. The summed E-state index contributed by atoms with van der Waals surface area (Å²) in [5.74, 6) is 1.82. The molecular weight excluding hydrogens is 224 g/mol. The van der Waals surface area contributed by atoms with E-state index in [4.69, 9.17) is 9.47 Å². The Bertz CT molecular complexity index is 515. The molecule has 0 radical (unpaired) electrons. The number of rotatable bonds is 4. The lowest BCUT2D eigenvalue weighted by Crippen LogP contribution is -1.97. The van der Waals surface area contributed by atoms with Crippen molar-refractivity contribution < 1.29 is 9.47 Å². The second kappa shape index (κ2) is 5.58. The van der Waals surface area contributed by atoms with E-state index >= 15 is 0 Å². The van der Waals surface area contributed by atoms with E-state index in [1.54, 1.807) is 7.11 Å². The fraction of sp³-hybridized carbons (Fsp3) is 0.250. The summed E-state index contributed by atoms with van der Waals surface area (Å²) in [6.07, 6.45) is 0. The quantitative estimate of drug-likeness (QED) is 0.809. The second-order valence-electron chi connectivity index (χ2n) is 4.41. The van der Waals surface area contributed by atoms with Gasteiger partial charge < -0.3 is 9.47 Å². The van der Waals surface area contributed by atoms with E-state index in [1.807, 2.05) is 24.3 Å². The highest BCUT2D eigenvalue weighted by Gasteiger charge is 2.01. The fourth-order valence-corrected chi connectivity index (χ4v) is 1.75. The fourth-order valence-electron chi connectivity index (χ4n) is 1.75. The molecule has 94 valence electrons. The van der Waals surface area contributed by atoms with Crippen LogP contribution in [0, 0.1) is 13.8 Å². The van der Waals surface area contributed by atoms with Crippen LogP contribution < -0.4 is 9.47 Å². The molecular formula is C16H18O2. The topological polar surface area (TPSA) is 18.5 Å². The zero-order chi connectivity index (χ0) is 13.0. The van der Waals surface area contributed by atoms with E-state index in [-0.39, 0.29) is 0 Å². The van der Waals surface area contributed by atoms with Gasteiger partial charge in [-0.05, 0) is 48.7 Å². The van der Waals surface area contributed by atoms with E-state index in [1.165, 1.54) is 5.56 Å². The molecule has 2 rings (SSSR count). The largest absolute Gasteiger partial charge is 0.497 e. The molecule has 18 heavy (non-hydrogen) atoms. The van der Waals surface area contributed by atoms with Crippen LogP contribution >= 0.6 is 0 Å². The molecule has 0 amide bonds. The molecule has 0 aliphatic rings. The number of benzene rings is 2. The van der Waals surface area contributed by atoms with Gasteiger partial charge in [0.15, 0.2) is 0 Å². The first-order valence-electron chi connectivity index (χ1n) is 6.02. The average Bonchev–Trinajstić information content (AvgIpc) is 2.40. The zero-order valence-corrected chi connectivity index (χ0v) is 11.1. The Morgan fingerprint density at radius 1 is 0.944 bits per heavy atom. The standard InChI is InChI=1S/C16H18O2/c1-12-4-5-13(2)16(10-12)18-11-14-6-8-15(17-3)9-7-14/h4-10H,11H2,1-3H3. The van der Waals surface area contributed by atoms with Crippen LogP contribution in [-0.4, -0.2) is 7.11 Å². The maximum Gasteiger partial charge on any atom is 0.122 e. The second-order valence-corrected chi connectivity index (χ2v) is 4.41. The van der Waals surface area contributed by atoms with Gasteiger partial charge in [0.05, 0.1) is 7.11 Å². The number of methoxy groups -OCH3 is 1. The van der Waals surface area contributed by atoms with Gasteiger partial charge in [0.25, 0.3) is 0 Å². The van der Waals surface area contributed by atoms with Crippen LogP contribution in [0.4, 0.5) is 0 Å². The normalized spacial score (nSPS) is 10.2. The molecule has 0 aliphatic heterocycles. The molecule has 0 fully saturated rings. The van der Waals surface area contributed by atoms with Gasteiger partial charge in [-0.1, -0.05) is 24.3 Å². The molecule has 0 bridgehead atoms. The van der Waals surface area contributed by atoms with Crippen LogP contribution in [0.1, 0.15) is 16.7 Å². The van der Waals surface area contributed by atoms with Crippen molar-refractivity contribution in [2.45, 2.75) is 20.5 Å². The smallest absolute Gasteiger partial charge is 0.122 e. The Hall–Kier alpha value is -1.96. The number of aryl methyl sites for hydroxylation is 2. The molecule has 2 aromatic rings. The average molecular weight is 242 g/mol. The highest BCUT2D eigenvalue weighted by atomic mass is 16.5. The van der Waals surface area contributed by atoms with Gasteiger partial charge in [-0.3, -0.25) is 0 Å². The summed E-state index contributed by atoms with van der Waals surface area (Å²) in [4.78, 5) is 0. The molecule has 0 saturated heterocycles. The molecule has 2 aromatic carbocycles. The summed E-state index contributed by atoms with van der Waals surface area (Å²) in [6, 6.07) is 14.2. The highest BCUT2D eigenvalue weighted by molar-refractivity contribution is 5.36. The highest BCUT2D eigenvalue weighted by Crippen LogP contribution is 2.21. The summed E-state index contributed by atoms with van der Waals surface area (Å²) < 4.78 is 11.0. The predicted molar refractivity (Wildman–Crippen MR) is 73.2 cm³/mol. The van der Waals surface area contributed by atoms with Crippen LogP contribution in [-0.2, 0) is 6.61 Å². The summed E-state index contributed by atoms with van der Waals surface area (Å²) in [7, 11) is 1.67. The Morgan fingerprint density at radius 3 is 2.33 bits per heavy atom. The van der Waals surface area contributed by atoms with E-state index < -0.39 is 0 Å². The van der Waals surface area contributed by atoms with Gasteiger partial charge in [-0.15, -0.1) is 0 Å². The third-order valence-corrected chi connectivity index (χ3v) is 2.90. The number of hydrogen-bond donors (Lipinski definition) is 0. The summed E-state index contributed by atoms with van der Waals surface area (Å²) in [5, 5.41) is 0. The van der Waals surface area contributed by atoms with Crippen molar-refractivity contribution in [2.24, 2.45) is 0 Å². The molecule has 0 N–H and O–H groups in total. The molecule has 0 spiro atoms. The number of hydrogen-bond acceptors (Lipinski definition) is 2. The lowest BCUT2D eigenvalue weighted by atomic mass is 10.1. The first-order valence-corrected chi connectivity index (χ1v) is 6.02. The summed E-state index contributed by atoms with van der Waals surface area (Å²) >= 11 is 0. The van der Waals surface area contributed by atoms with E-state index in [2.05, 4.69) is 32.0 Å². The Balaban J connectivity index is 2.04. The van der Waals surface area contributed by atoms with Gasteiger partial charge in [0.1, 0.15) is 18.1 Å². The van der Waals surface area contributed by atoms with Crippen molar-refractivity contribution in [1.29, 1.82) is 0 Å². The van der Waals surface area contributed by atoms with Crippen molar-refractivity contribution in [3.05, 3.63) is 59.2 Å². The van der Waals surface area contributed by atoms with Crippen molar-refractivity contribution in [3.63, 3.8) is 0 Å². The SMILES string of the molecule is COc1ccc(COc2cc(C)ccc2C)cc1. The molecule has 0 saturated carbocycles. The molecule has 0 heterocycles. The third-order valence-electron chi connectivity index (χ3n) is 2.90. The van der Waals surface area contributed by atoms with Crippen LogP contribution in [0.5, 0.6) is 11.5 Å². The Kier molecular flexibility index (Phi) is 3.88. The molecule has 0 unspecified atom stereocenters. The van der Waals surface area contributed by atoms with Crippen molar-refractivity contribution in [1.82, 2.24) is 0 Å². The molecule has 0 aromatic heterocycles. The van der Waals surface area contributed by atoms with Crippen LogP contribution in [0.25, 0.3) is 0 Å². The molecule has 0 aliphatic carbocycles. The van der Waals surface area contributed by atoms with Gasteiger partial charge >= 0.3 is 0 Å². The third kappa shape index (κ3) is 3.04. The minimum Gasteiger partial charge on any atom is -0.497 e. The predicted octanol–water partition coefficient (Wildman–Crippen LogP) is 3.89. The lowest BCUT2D eigenvalue weighted by molar-refractivity contribution is 0.303. The van der Waals surface area contributed by atoms with Crippen LogP contribution in [0.3, 0.4) is 0 Å². The lowest BCUT2D eigenvalue weighted by Gasteiger charge is -2.10. The van der Waals surface area contributed by atoms with Crippen LogP contribution in [0.15, 0.2) is 42.5 Å². The Morgan fingerprint density at radius 2 is 1.67 bits per heavy atom. The molecule has 2 nitrogen and oxygen atoms in total. The Labute approximate surface area is 108 Å².